The van der Waals surface area contributed by atoms with E-state index in [1.807, 2.05) is 6.92 Å². The quantitative estimate of drug-likeness (QED) is 0.805. The molecule has 2 aromatic heterocycles. The van der Waals surface area contributed by atoms with Crippen molar-refractivity contribution in [3.63, 3.8) is 0 Å². The van der Waals surface area contributed by atoms with Crippen molar-refractivity contribution in [2.75, 3.05) is 11.1 Å². The highest BCUT2D eigenvalue weighted by molar-refractivity contribution is 7.14. The summed E-state index contributed by atoms with van der Waals surface area (Å²) in [5.41, 5.74) is 6.70. The van der Waals surface area contributed by atoms with Crippen LogP contribution in [0, 0.1) is 12.9 Å². The first-order valence-electron chi connectivity index (χ1n) is 4.85. The lowest BCUT2D eigenvalue weighted by atomic mass is 10.3. The Labute approximate surface area is 101 Å². The number of halogens is 1. The number of carbonyl (C=O) groups excluding carboxylic acids is 1. The fraction of sp³-hybridized carbons (Fsp3) is 0.0909. The van der Waals surface area contributed by atoms with Crippen molar-refractivity contribution >= 4 is 28.6 Å². The molecule has 0 aromatic carbocycles. The highest BCUT2D eigenvalue weighted by Crippen LogP contribution is 2.24. The summed E-state index contributed by atoms with van der Waals surface area (Å²) in [6, 6.07) is 4.25. The van der Waals surface area contributed by atoms with E-state index in [1.165, 1.54) is 29.7 Å². The van der Waals surface area contributed by atoms with E-state index in [0.717, 1.165) is 4.88 Å². The third-order valence-corrected chi connectivity index (χ3v) is 3.23. The van der Waals surface area contributed by atoms with Crippen LogP contribution in [0.3, 0.4) is 0 Å². The molecule has 88 valence electrons. The van der Waals surface area contributed by atoms with Crippen LogP contribution in [0.2, 0.25) is 0 Å². The number of amides is 1. The van der Waals surface area contributed by atoms with Crippen LogP contribution in [-0.4, -0.2) is 10.9 Å². The lowest BCUT2D eigenvalue weighted by Crippen LogP contribution is -2.10. The number of nitrogens with zero attached hydrogens (tertiary/aromatic N) is 1. The van der Waals surface area contributed by atoms with Crippen LogP contribution in [0.5, 0.6) is 0 Å². The smallest absolute Gasteiger partial charge is 0.265 e. The average Bonchev–Trinajstić information content (AvgIpc) is 2.63. The zero-order valence-electron chi connectivity index (χ0n) is 9.03. The Kier molecular flexibility index (Phi) is 3.06. The van der Waals surface area contributed by atoms with Gasteiger partial charge in [0.25, 0.3) is 5.91 Å². The Balaban J connectivity index is 2.14. The van der Waals surface area contributed by atoms with Gasteiger partial charge in [-0.05, 0) is 25.1 Å². The number of aromatic nitrogens is 1. The molecule has 0 atom stereocenters. The summed E-state index contributed by atoms with van der Waals surface area (Å²) >= 11 is 1.31. The fourth-order valence-electron chi connectivity index (χ4n) is 1.25. The second-order valence-electron chi connectivity index (χ2n) is 3.45. The number of nitrogens with one attached hydrogen (secondary N) is 1. The molecular weight excluding hydrogens is 241 g/mol. The first kappa shape index (κ1) is 11.5. The molecule has 0 saturated carbocycles. The summed E-state index contributed by atoms with van der Waals surface area (Å²) in [5.74, 6) is -0.859. The van der Waals surface area contributed by atoms with Crippen LogP contribution in [0.4, 0.5) is 15.8 Å². The zero-order chi connectivity index (χ0) is 12.4. The van der Waals surface area contributed by atoms with E-state index in [2.05, 4.69) is 10.3 Å². The van der Waals surface area contributed by atoms with E-state index >= 15 is 0 Å². The molecule has 6 heteroatoms. The minimum atomic E-state index is -0.584. The van der Waals surface area contributed by atoms with Crippen molar-refractivity contribution in [2.24, 2.45) is 0 Å². The highest BCUT2D eigenvalue weighted by atomic mass is 32.1. The fourth-order valence-corrected chi connectivity index (χ4v) is 2.09. The van der Waals surface area contributed by atoms with Gasteiger partial charge >= 0.3 is 0 Å². The van der Waals surface area contributed by atoms with Gasteiger partial charge in [-0.15, -0.1) is 11.3 Å². The Morgan fingerprint density at radius 1 is 1.53 bits per heavy atom. The summed E-state index contributed by atoms with van der Waals surface area (Å²) in [7, 11) is 0. The second-order valence-corrected chi connectivity index (χ2v) is 4.70. The molecule has 0 aliphatic carbocycles. The standard InChI is InChI=1S/C11H10FN3OS/c1-6-8(13)4-9(17-6)11(16)15-7-2-3-10(12)14-5-7/h2-5H,13H2,1H3,(H,15,16). The second kappa shape index (κ2) is 4.50. The number of rotatable bonds is 2. The van der Waals surface area contributed by atoms with Crippen molar-refractivity contribution in [3.05, 3.63) is 40.1 Å². The van der Waals surface area contributed by atoms with Crippen molar-refractivity contribution in [1.82, 2.24) is 4.98 Å². The van der Waals surface area contributed by atoms with Gasteiger partial charge < -0.3 is 11.1 Å². The molecule has 0 radical (unpaired) electrons. The van der Waals surface area contributed by atoms with E-state index in [0.29, 0.717) is 16.3 Å². The van der Waals surface area contributed by atoms with Gasteiger partial charge in [0, 0.05) is 10.6 Å². The largest absolute Gasteiger partial charge is 0.398 e. The first-order valence-corrected chi connectivity index (χ1v) is 5.67. The Hall–Kier alpha value is -1.95. The molecule has 3 N–H and O–H groups in total. The molecule has 2 rings (SSSR count). The molecule has 0 unspecified atom stereocenters. The minimum absolute atomic E-state index is 0.275. The molecule has 17 heavy (non-hydrogen) atoms. The van der Waals surface area contributed by atoms with E-state index in [4.69, 9.17) is 5.73 Å². The van der Waals surface area contributed by atoms with Gasteiger partial charge in [0.05, 0.1) is 16.8 Å². The molecule has 4 nitrogen and oxygen atoms in total. The molecular formula is C11H10FN3OS. The number of carbonyl (C=O) groups is 1. The normalized spacial score (nSPS) is 10.2. The van der Waals surface area contributed by atoms with Gasteiger partial charge in [-0.1, -0.05) is 0 Å². The predicted molar refractivity (Wildman–Crippen MR) is 65.6 cm³/mol. The van der Waals surface area contributed by atoms with E-state index in [-0.39, 0.29) is 5.91 Å². The van der Waals surface area contributed by atoms with Crippen LogP contribution in [0.25, 0.3) is 0 Å². The van der Waals surface area contributed by atoms with E-state index < -0.39 is 5.95 Å². The maximum absolute atomic E-state index is 12.6. The van der Waals surface area contributed by atoms with E-state index in [1.54, 1.807) is 6.07 Å². The lowest BCUT2D eigenvalue weighted by Gasteiger charge is -2.01. The maximum atomic E-state index is 12.6. The molecule has 2 aromatic rings. The van der Waals surface area contributed by atoms with Gasteiger partial charge in [-0.2, -0.15) is 4.39 Å². The number of aryl methyl sites for hydroxylation is 1. The Morgan fingerprint density at radius 3 is 2.82 bits per heavy atom. The molecule has 0 aliphatic heterocycles. The predicted octanol–water partition coefficient (Wildman–Crippen LogP) is 2.43. The molecule has 0 saturated heterocycles. The number of hydrogen-bond acceptors (Lipinski definition) is 4. The van der Waals surface area contributed by atoms with Crippen LogP contribution in [-0.2, 0) is 0 Å². The average molecular weight is 251 g/mol. The van der Waals surface area contributed by atoms with Crippen LogP contribution in [0.1, 0.15) is 14.5 Å². The van der Waals surface area contributed by atoms with Crippen molar-refractivity contribution in [3.8, 4) is 0 Å². The molecule has 0 spiro atoms. The number of thiophene rings is 1. The van der Waals surface area contributed by atoms with E-state index in [9.17, 15) is 9.18 Å². The highest BCUT2D eigenvalue weighted by Gasteiger charge is 2.11. The van der Waals surface area contributed by atoms with Gasteiger partial charge in [0.15, 0.2) is 0 Å². The monoisotopic (exact) mass is 251 g/mol. The zero-order valence-corrected chi connectivity index (χ0v) is 9.84. The Morgan fingerprint density at radius 2 is 2.29 bits per heavy atom. The summed E-state index contributed by atoms with van der Waals surface area (Å²) in [6.45, 7) is 1.84. The van der Waals surface area contributed by atoms with Crippen molar-refractivity contribution in [1.29, 1.82) is 0 Å². The van der Waals surface area contributed by atoms with Crippen LogP contribution >= 0.6 is 11.3 Å². The van der Waals surface area contributed by atoms with Crippen molar-refractivity contribution in [2.45, 2.75) is 6.92 Å². The number of nitrogen functional groups attached to an aromatic ring is 1. The SMILES string of the molecule is Cc1sc(C(=O)Nc2ccc(F)nc2)cc1N. The molecule has 0 bridgehead atoms. The Bertz CT molecular complexity index is 531. The first-order chi connectivity index (χ1) is 8.06. The number of anilines is 2. The topological polar surface area (TPSA) is 68.0 Å². The molecule has 0 aliphatic rings. The maximum Gasteiger partial charge on any atom is 0.265 e. The molecule has 0 fully saturated rings. The summed E-state index contributed by atoms with van der Waals surface area (Å²) in [6.07, 6.45) is 1.26. The minimum Gasteiger partial charge on any atom is -0.398 e. The number of hydrogen-bond donors (Lipinski definition) is 2. The third-order valence-electron chi connectivity index (χ3n) is 2.17. The van der Waals surface area contributed by atoms with Gasteiger partial charge in [0.1, 0.15) is 0 Å². The molecule has 2 heterocycles. The van der Waals surface area contributed by atoms with Gasteiger partial charge in [-0.25, -0.2) is 4.98 Å². The van der Waals surface area contributed by atoms with Gasteiger partial charge in [0.2, 0.25) is 5.95 Å². The van der Waals surface area contributed by atoms with Crippen LogP contribution < -0.4 is 11.1 Å². The number of nitrogens with two attached hydrogens (primary N) is 1. The summed E-state index contributed by atoms with van der Waals surface area (Å²) in [5, 5.41) is 2.61. The van der Waals surface area contributed by atoms with Crippen LogP contribution in [0.15, 0.2) is 24.4 Å². The third kappa shape index (κ3) is 2.59. The summed E-state index contributed by atoms with van der Waals surface area (Å²) in [4.78, 5) is 16.6. The van der Waals surface area contributed by atoms with Crippen molar-refractivity contribution < 1.29 is 9.18 Å². The summed E-state index contributed by atoms with van der Waals surface area (Å²) < 4.78 is 12.6. The molecule has 1 amide bonds. The lowest BCUT2D eigenvalue weighted by molar-refractivity contribution is 0.103. The van der Waals surface area contributed by atoms with Gasteiger partial charge in [-0.3, -0.25) is 4.79 Å². The number of pyridine rings is 1.